The molecule has 1 aromatic carbocycles. The number of hydrogen-bond acceptors (Lipinski definition) is 4. The number of nitrogens with two attached hydrogens (primary N) is 1. The van der Waals surface area contributed by atoms with E-state index in [2.05, 4.69) is 10.3 Å². The predicted octanol–water partition coefficient (Wildman–Crippen LogP) is 2.41. The van der Waals surface area contributed by atoms with E-state index in [4.69, 9.17) is 5.73 Å². The molecule has 104 valence electrons. The number of carbonyl (C=O) groups is 1. The molecule has 1 heterocycles. The number of anilines is 1. The maximum absolute atomic E-state index is 11.6. The van der Waals surface area contributed by atoms with Gasteiger partial charge in [0.1, 0.15) is 0 Å². The van der Waals surface area contributed by atoms with Crippen LogP contribution in [0.4, 0.5) is 5.69 Å². The molecule has 0 radical (unpaired) electrons. The Labute approximate surface area is 122 Å². The third-order valence-corrected chi connectivity index (χ3v) is 3.51. The van der Waals surface area contributed by atoms with Crippen LogP contribution in [0.15, 0.2) is 35.7 Å². The number of hydrogen-bond donors (Lipinski definition) is 2. The van der Waals surface area contributed by atoms with Crippen LogP contribution >= 0.6 is 11.3 Å². The maximum Gasteiger partial charge on any atom is 0.244 e. The van der Waals surface area contributed by atoms with Gasteiger partial charge < -0.3 is 11.1 Å². The Morgan fingerprint density at radius 3 is 3.05 bits per heavy atom. The molecule has 4 nitrogen and oxygen atoms in total. The Bertz CT molecular complexity index is 619. The van der Waals surface area contributed by atoms with Crippen molar-refractivity contribution in [2.75, 3.05) is 12.3 Å². The van der Waals surface area contributed by atoms with E-state index in [1.54, 1.807) is 17.4 Å². The molecule has 2 rings (SSSR count). The lowest BCUT2D eigenvalue weighted by molar-refractivity contribution is -0.116. The number of amides is 1. The molecule has 0 aliphatic rings. The first kappa shape index (κ1) is 14.3. The number of thiazole rings is 1. The van der Waals surface area contributed by atoms with Gasteiger partial charge in [-0.2, -0.15) is 0 Å². The molecule has 0 unspecified atom stereocenters. The van der Waals surface area contributed by atoms with Crippen molar-refractivity contribution >= 4 is 29.0 Å². The molecule has 20 heavy (non-hydrogen) atoms. The Hall–Kier alpha value is -2.14. The van der Waals surface area contributed by atoms with Crippen LogP contribution in [0.3, 0.4) is 0 Å². The summed E-state index contributed by atoms with van der Waals surface area (Å²) in [4.78, 5) is 16.0. The Morgan fingerprint density at radius 1 is 1.50 bits per heavy atom. The van der Waals surface area contributed by atoms with Crippen molar-refractivity contribution in [3.63, 3.8) is 0 Å². The minimum Gasteiger partial charge on any atom is -0.399 e. The number of carbonyl (C=O) groups excluding carboxylic acids is 1. The van der Waals surface area contributed by atoms with E-state index < -0.39 is 0 Å². The Kier molecular flexibility index (Phi) is 4.90. The van der Waals surface area contributed by atoms with E-state index in [-0.39, 0.29) is 5.91 Å². The van der Waals surface area contributed by atoms with E-state index in [1.165, 1.54) is 6.08 Å². The van der Waals surface area contributed by atoms with Crippen LogP contribution in [0, 0.1) is 6.92 Å². The molecule has 0 bridgehead atoms. The van der Waals surface area contributed by atoms with Crippen LogP contribution in [0.5, 0.6) is 0 Å². The van der Waals surface area contributed by atoms with Gasteiger partial charge in [0, 0.05) is 30.1 Å². The van der Waals surface area contributed by atoms with Gasteiger partial charge in [0.2, 0.25) is 5.91 Å². The van der Waals surface area contributed by atoms with Crippen molar-refractivity contribution in [3.8, 4) is 0 Å². The summed E-state index contributed by atoms with van der Waals surface area (Å²) in [5.41, 5.74) is 8.29. The summed E-state index contributed by atoms with van der Waals surface area (Å²) >= 11 is 1.62. The van der Waals surface area contributed by atoms with Crippen molar-refractivity contribution in [2.45, 2.75) is 13.3 Å². The molecule has 1 amide bonds. The van der Waals surface area contributed by atoms with Gasteiger partial charge in [0.15, 0.2) is 0 Å². The van der Waals surface area contributed by atoms with Crippen molar-refractivity contribution in [1.29, 1.82) is 0 Å². The number of rotatable bonds is 5. The molecule has 0 aliphatic carbocycles. The third-order valence-electron chi connectivity index (χ3n) is 2.68. The summed E-state index contributed by atoms with van der Waals surface area (Å²) in [5.74, 6) is -0.112. The third kappa shape index (κ3) is 4.51. The second kappa shape index (κ2) is 6.86. The van der Waals surface area contributed by atoms with E-state index in [9.17, 15) is 4.79 Å². The van der Waals surface area contributed by atoms with E-state index in [1.807, 2.05) is 36.6 Å². The summed E-state index contributed by atoms with van der Waals surface area (Å²) in [5, 5.41) is 5.90. The van der Waals surface area contributed by atoms with Crippen LogP contribution in [0.2, 0.25) is 0 Å². The average Bonchev–Trinajstić information content (AvgIpc) is 2.82. The predicted molar refractivity (Wildman–Crippen MR) is 83.5 cm³/mol. The Balaban J connectivity index is 1.78. The molecule has 0 spiro atoms. The average molecular weight is 287 g/mol. The highest BCUT2D eigenvalue weighted by Gasteiger charge is 1.99. The lowest BCUT2D eigenvalue weighted by Gasteiger charge is -2.00. The van der Waals surface area contributed by atoms with Gasteiger partial charge in [-0.1, -0.05) is 12.1 Å². The van der Waals surface area contributed by atoms with Crippen molar-refractivity contribution < 1.29 is 4.79 Å². The second-order valence-corrected chi connectivity index (χ2v) is 5.46. The van der Waals surface area contributed by atoms with Gasteiger partial charge in [-0.15, -0.1) is 11.3 Å². The standard InChI is InChI=1S/C15H17N3OS/c1-11-18-14(10-20-11)7-8-17-15(19)6-5-12-3-2-4-13(16)9-12/h2-6,9-10H,7-8,16H2,1H3,(H,17,19)/b6-5+. The number of nitrogen functional groups attached to an aromatic ring is 1. The molecule has 0 atom stereocenters. The van der Waals surface area contributed by atoms with Crippen LogP contribution in [-0.4, -0.2) is 17.4 Å². The SMILES string of the molecule is Cc1nc(CCNC(=O)/C=C/c2cccc(N)c2)cs1. The molecule has 0 fully saturated rings. The quantitative estimate of drug-likeness (QED) is 0.655. The first-order valence-corrected chi connectivity index (χ1v) is 7.24. The molecule has 0 saturated heterocycles. The normalized spacial score (nSPS) is 10.8. The fourth-order valence-electron chi connectivity index (χ4n) is 1.73. The van der Waals surface area contributed by atoms with Gasteiger partial charge in [-0.25, -0.2) is 4.98 Å². The first-order valence-electron chi connectivity index (χ1n) is 6.36. The second-order valence-electron chi connectivity index (χ2n) is 4.40. The summed E-state index contributed by atoms with van der Waals surface area (Å²) in [6.45, 7) is 2.56. The summed E-state index contributed by atoms with van der Waals surface area (Å²) < 4.78 is 0. The highest BCUT2D eigenvalue weighted by atomic mass is 32.1. The van der Waals surface area contributed by atoms with Crippen LogP contribution in [0.1, 0.15) is 16.3 Å². The van der Waals surface area contributed by atoms with Crippen LogP contribution in [-0.2, 0) is 11.2 Å². The number of aryl methyl sites for hydroxylation is 1. The zero-order valence-corrected chi connectivity index (χ0v) is 12.1. The van der Waals surface area contributed by atoms with Gasteiger partial charge in [-0.3, -0.25) is 4.79 Å². The summed E-state index contributed by atoms with van der Waals surface area (Å²) in [7, 11) is 0. The van der Waals surface area contributed by atoms with Crippen molar-refractivity contribution in [2.24, 2.45) is 0 Å². The van der Waals surface area contributed by atoms with Crippen molar-refractivity contribution in [1.82, 2.24) is 10.3 Å². The smallest absolute Gasteiger partial charge is 0.244 e. The maximum atomic E-state index is 11.6. The lowest BCUT2D eigenvalue weighted by atomic mass is 10.2. The van der Waals surface area contributed by atoms with Crippen LogP contribution < -0.4 is 11.1 Å². The molecule has 3 N–H and O–H groups in total. The van der Waals surface area contributed by atoms with E-state index in [0.717, 1.165) is 22.7 Å². The fourth-order valence-corrected chi connectivity index (χ4v) is 2.38. The van der Waals surface area contributed by atoms with Gasteiger partial charge in [0.25, 0.3) is 0 Å². The zero-order valence-electron chi connectivity index (χ0n) is 11.3. The van der Waals surface area contributed by atoms with Gasteiger partial charge >= 0.3 is 0 Å². The highest BCUT2D eigenvalue weighted by Crippen LogP contribution is 2.08. The minimum absolute atomic E-state index is 0.112. The monoisotopic (exact) mass is 287 g/mol. The van der Waals surface area contributed by atoms with Crippen LogP contribution in [0.25, 0.3) is 6.08 Å². The molecule has 1 aromatic heterocycles. The molecule has 0 saturated carbocycles. The zero-order chi connectivity index (χ0) is 14.4. The van der Waals surface area contributed by atoms with Gasteiger partial charge in [0.05, 0.1) is 10.7 Å². The topological polar surface area (TPSA) is 68.0 Å². The molecule has 0 aliphatic heterocycles. The molecule has 5 heteroatoms. The van der Waals surface area contributed by atoms with Gasteiger partial charge in [-0.05, 0) is 30.7 Å². The number of nitrogens with one attached hydrogen (secondary N) is 1. The van der Waals surface area contributed by atoms with E-state index in [0.29, 0.717) is 12.2 Å². The number of benzene rings is 1. The largest absolute Gasteiger partial charge is 0.399 e. The summed E-state index contributed by atoms with van der Waals surface area (Å²) in [6, 6.07) is 7.39. The lowest BCUT2D eigenvalue weighted by Crippen LogP contribution is -2.23. The first-order chi connectivity index (χ1) is 9.63. The highest BCUT2D eigenvalue weighted by molar-refractivity contribution is 7.09. The Morgan fingerprint density at radius 2 is 2.35 bits per heavy atom. The number of aromatic nitrogens is 1. The number of nitrogens with zero attached hydrogens (tertiary/aromatic N) is 1. The molecular formula is C15H17N3OS. The molecule has 2 aromatic rings. The van der Waals surface area contributed by atoms with E-state index >= 15 is 0 Å². The van der Waals surface area contributed by atoms with Crippen molar-refractivity contribution in [3.05, 3.63) is 52.0 Å². The molecular weight excluding hydrogens is 270 g/mol. The summed E-state index contributed by atoms with van der Waals surface area (Å²) in [6.07, 6.45) is 4.02. The minimum atomic E-state index is -0.112. The fraction of sp³-hybridized carbons (Fsp3) is 0.200.